The molecule has 146 valence electrons. The maximum absolute atomic E-state index is 11.5. The number of hydrogen-bond acceptors (Lipinski definition) is 8. The lowest BCUT2D eigenvalue weighted by Gasteiger charge is -2.21. The van der Waals surface area contributed by atoms with Gasteiger partial charge in [-0.3, -0.25) is 14.9 Å². The monoisotopic (exact) mass is 385 g/mol. The average Bonchev–Trinajstić information content (AvgIpc) is 2.92. The zero-order valence-electron chi connectivity index (χ0n) is 15.2. The van der Waals surface area contributed by atoms with Crippen LogP contribution in [0.4, 0.5) is 23.0 Å². The summed E-state index contributed by atoms with van der Waals surface area (Å²) in [6.45, 7) is 1.52. The molecule has 1 aromatic carbocycles. The van der Waals surface area contributed by atoms with Gasteiger partial charge in [0.25, 0.3) is 0 Å². The van der Waals surface area contributed by atoms with E-state index < -0.39 is 10.9 Å². The van der Waals surface area contributed by atoms with Gasteiger partial charge in [-0.25, -0.2) is 9.78 Å². The topological polar surface area (TPSA) is 127 Å². The summed E-state index contributed by atoms with van der Waals surface area (Å²) < 4.78 is 4.65. The van der Waals surface area contributed by atoms with Gasteiger partial charge in [0.15, 0.2) is 0 Å². The SMILES string of the molecule is COC(=O)c1ccc(Nc2nc(N3CCNC(=O)CC3)ccc2[N+](=O)[O-])cc1. The lowest BCUT2D eigenvalue weighted by molar-refractivity contribution is -0.384. The Morgan fingerprint density at radius 3 is 2.68 bits per heavy atom. The van der Waals surface area contributed by atoms with Crippen molar-refractivity contribution < 1.29 is 19.2 Å². The van der Waals surface area contributed by atoms with Crippen LogP contribution in [0.15, 0.2) is 36.4 Å². The first-order chi connectivity index (χ1) is 13.5. The lowest BCUT2D eigenvalue weighted by atomic mass is 10.2. The minimum absolute atomic E-state index is 0.0338. The molecular formula is C18H19N5O5. The van der Waals surface area contributed by atoms with Crippen LogP contribution in [0.2, 0.25) is 0 Å². The van der Waals surface area contributed by atoms with Crippen LogP contribution in [0, 0.1) is 10.1 Å². The third-order valence-electron chi connectivity index (χ3n) is 4.26. The van der Waals surface area contributed by atoms with E-state index in [0.29, 0.717) is 43.1 Å². The fourth-order valence-corrected chi connectivity index (χ4v) is 2.80. The number of amides is 1. The molecule has 0 saturated carbocycles. The molecule has 1 aliphatic heterocycles. The Labute approximate surface area is 160 Å². The number of rotatable bonds is 5. The number of ether oxygens (including phenoxy) is 1. The highest BCUT2D eigenvalue weighted by molar-refractivity contribution is 5.89. The molecule has 0 spiro atoms. The van der Waals surface area contributed by atoms with Crippen LogP contribution in [-0.2, 0) is 9.53 Å². The smallest absolute Gasteiger partial charge is 0.337 e. The minimum Gasteiger partial charge on any atom is -0.465 e. The third-order valence-corrected chi connectivity index (χ3v) is 4.26. The van der Waals surface area contributed by atoms with Gasteiger partial charge < -0.3 is 20.3 Å². The van der Waals surface area contributed by atoms with E-state index in [4.69, 9.17) is 0 Å². The number of methoxy groups -OCH3 is 1. The largest absolute Gasteiger partial charge is 0.465 e. The Balaban J connectivity index is 1.86. The third kappa shape index (κ3) is 4.34. The quantitative estimate of drug-likeness (QED) is 0.453. The predicted octanol–water partition coefficient (Wildman–Crippen LogP) is 1.85. The van der Waals surface area contributed by atoms with Crippen LogP contribution in [-0.4, -0.2) is 48.5 Å². The summed E-state index contributed by atoms with van der Waals surface area (Å²) in [7, 11) is 1.29. The van der Waals surface area contributed by atoms with Gasteiger partial charge in [-0.1, -0.05) is 0 Å². The number of aromatic nitrogens is 1. The summed E-state index contributed by atoms with van der Waals surface area (Å²) >= 11 is 0. The van der Waals surface area contributed by atoms with Crippen molar-refractivity contribution in [3.63, 3.8) is 0 Å². The normalized spacial score (nSPS) is 14.0. The van der Waals surface area contributed by atoms with E-state index in [0.717, 1.165) is 0 Å². The molecule has 0 atom stereocenters. The van der Waals surface area contributed by atoms with E-state index in [1.54, 1.807) is 30.3 Å². The van der Waals surface area contributed by atoms with E-state index in [-0.39, 0.29) is 17.4 Å². The molecule has 0 aliphatic carbocycles. The Morgan fingerprint density at radius 2 is 2.00 bits per heavy atom. The van der Waals surface area contributed by atoms with Gasteiger partial charge >= 0.3 is 11.7 Å². The fourth-order valence-electron chi connectivity index (χ4n) is 2.80. The molecular weight excluding hydrogens is 366 g/mol. The molecule has 3 rings (SSSR count). The van der Waals surface area contributed by atoms with Gasteiger partial charge in [0.2, 0.25) is 11.7 Å². The van der Waals surface area contributed by atoms with Gasteiger partial charge in [0.1, 0.15) is 5.82 Å². The standard InChI is InChI=1S/C18H19N5O5/c1-28-18(25)12-2-4-13(5-3-12)20-17-14(23(26)27)6-7-15(21-17)22-10-8-16(24)19-9-11-22/h2-7H,8-11H2,1H3,(H,19,24)(H,20,21). The molecule has 0 unspecified atom stereocenters. The number of esters is 1. The Kier molecular flexibility index (Phi) is 5.68. The van der Waals surface area contributed by atoms with Crippen molar-refractivity contribution in [2.45, 2.75) is 6.42 Å². The Bertz CT molecular complexity index is 900. The summed E-state index contributed by atoms with van der Waals surface area (Å²) in [4.78, 5) is 40.2. The van der Waals surface area contributed by atoms with Crippen molar-refractivity contribution in [1.29, 1.82) is 0 Å². The number of carbonyl (C=O) groups excluding carboxylic acids is 2. The highest BCUT2D eigenvalue weighted by atomic mass is 16.6. The maximum Gasteiger partial charge on any atom is 0.337 e. The summed E-state index contributed by atoms with van der Waals surface area (Å²) in [6, 6.07) is 9.27. The van der Waals surface area contributed by atoms with Crippen molar-refractivity contribution >= 4 is 34.9 Å². The van der Waals surface area contributed by atoms with Crippen molar-refractivity contribution in [1.82, 2.24) is 10.3 Å². The average molecular weight is 385 g/mol. The van der Waals surface area contributed by atoms with Gasteiger partial charge in [-0.2, -0.15) is 0 Å². The van der Waals surface area contributed by atoms with E-state index in [2.05, 4.69) is 20.4 Å². The van der Waals surface area contributed by atoms with Crippen LogP contribution >= 0.6 is 0 Å². The number of nitrogens with zero attached hydrogens (tertiary/aromatic N) is 3. The fraction of sp³-hybridized carbons (Fsp3) is 0.278. The highest BCUT2D eigenvalue weighted by Crippen LogP contribution is 2.29. The van der Waals surface area contributed by atoms with Crippen LogP contribution in [0.25, 0.3) is 0 Å². The van der Waals surface area contributed by atoms with Crippen molar-refractivity contribution in [3.05, 3.63) is 52.1 Å². The van der Waals surface area contributed by atoms with Crippen LogP contribution < -0.4 is 15.5 Å². The summed E-state index contributed by atoms with van der Waals surface area (Å²) in [5, 5.41) is 17.1. The Hall–Kier alpha value is -3.69. The molecule has 1 fully saturated rings. The van der Waals surface area contributed by atoms with Gasteiger partial charge in [-0.05, 0) is 30.3 Å². The molecule has 1 aromatic heterocycles. The molecule has 1 amide bonds. The summed E-state index contributed by atoms with van der Waals surface area (Å²) in [6.07, 6.45) is 0.330. The number of pyridine rings is 1. The molecule has 0 bridgehead atoms. The van der Waals surface area contributed by atoms with Crippen molar-refractivity contribution in [2.24, 2.45) is 0 Å². The van der Waals surface area contributed by atoms with Crippen LogP contribution in [0.3, 0.4) is 0 Å². The Morgan fingerprint density at radius 1 is 1.25 bits per heavy atom. The predicted molar refractivity (Wildman–Crippen MR) is 102 cm³/mol. The molecule has 0 radical (unpaired) electrons. The van der Waals surface area contributed by atoms with Gasteiger partial charge in [-0.15, -0.1) is 0 Å². The van der Waals surface area contributed by atoms with Crippen molar-refractivity contribution in [3.8, 4) is 0 Å². The zero-order chi connectivity index (χ0) is 20.1. The summed E-state index contributed by atoms with van der Waals surface area (Å²) in [5.41, 5.74) is 0.726. The van der Waals surface area contributed by atoms with Gasteiger partial charge in [0.05, 0.1) is 17.6 Å². The molecule has 10 heteroatoms. The van der Waals surface area contributed by atoms with Gasteiger partial charge in [0, 0.05) is 37.8 Å². The van der Waals surface area contributed by atoms with Crippen molar-refractivity contribution in [2.75, 3.05) is 37.0 Å². The first-order valence-corrected chi connectivity index (χ1v) is 8.60. The molecule has 2 aromatic rings. The molecule has 2 N–H and O–H groups in total. The number of anilines is 3. The number of hydrogen-bond donors (Lipinski definition) is 2. The molecule has 1 saturated heterocycles. The zero-order valence-corrected chi connectivity index (χ0v) is 15.2. The molecule has 2 heterocycles. The van der Waals surface area contributed by atoms with E-state index >= 15 is 0 Å². The minimum atomic E-state index is -0.518. The number of nitrogens with one attached hydrogen (secondary N) is 2. The summed E-state index contributed by atoms with van der Waals surface area (Å²) in [5.74, 6) is 0.114. The van der Waals surface area contributed by atoms with E-state index in [1.165, 1.54) is 13.2 Å². The highest BCUT2D eigenvalue weighted by Gasteiger charge is 2.20. The molecule has 10 nitrogen and oxygen atoms in total. The van der Waals surface area contributed by atoms with Crippen LogP contribution in [0.5, 0.6) is 0 Å². The lowest BCUT2D eigenvalue weighted by Crippen LogP contribution is -2.29. The van der Waals surface area contributed by atoms with Crippen LogP contribution in [0.1, 0.15) is 16.8 Å². The second-order valence-electron chi connectivity index (χ2n) is 6.08. The van der Waals surface area contributed by atoms with E-state index in [9.17, 15) is 19.7 Å². The first-order valence-electron chi connectivity index (χ1n) is 8.60. The first kappa shape index (κ1) is 19.1. The number of nitro groups is 1. The second-order valence-corrected chi connectivity index (χ2v) is 6.08. The number of carbonyl (C=O) groups is 2. The number of benzene rings is 1. The van der Waals surface area contributed by atoms with E-state index in [1.807, 2.05) is 4.90 Å². The maximum atomic E-state index is 11.5. The molecule has 1 aliphatic rings. The molecule has 28 heavy (non-hydrogen) atoms. The second kappa shape index (κ2) is 8.33.